The van der Waals surface area contributed by atoms with E-state index in [0.717, 1.165) is 5.57 Å². The minimum atomic E-state index is 0.646. The van der Waals surface area contributed by atoms with Crippen LogP contribution in [0.5, 0.6) is 0 Å². The smallest absolute Gasteiger partial charge is 0.211 e. The standard InChI is InChI=1S/C7H11NO/c1-3-4-7(2)5-8-6-9/h3-6H,1-2H3,(H,8,9)/b4-3-,7-5-. The lowest BCUT2D eigenvalue weighted by Gasteiger charge is -1.87. The fraction of sp³-hybridized carbons (Fsp3) is 0.286. The molecular formula is C7H11NO. The molecule has 0 aromatic carbocycles. The van der Waals surface area contributed by atoms with Gasteiger partial charge < -0.3 is 5.32 Å². The van der Waals surface area contributed by atoms with E-state index < -0.39 is 0 Å². The summed E-state index contributed by atoms with van der Waals surface area (Å²) in [6.45, 7) is 3.84. The molecule has 0 spiro atoms. The Morgan fingerprint density at radius 1 is 1.56 bits per heavy atom. The molecule has 0 aliphatic heterocycles. The fourth-order valence-electron chi connectivity index (χ4n) is 0.476. The van der Waals surface area contributed by atoms with Crippen LogP contribution in [-0.4, -0.2) is 6.41 Å². The van der Waals surface area contributed by atoms with Crippen molar-refractivity contribution in [3.05, 3.63) is 23.9 Å². The Morgan fingerprint density at radius 3 is 2.67 bits per heavy atom. The maximum Gasteiger partial charge on any atom is 0.211 e. The molecule has 0 aliphatic rings. The van der Waals surface area contributed by atoms with Gasteiger partial charge in [-0.2, -0.15) is 0 Å². The van der Waals surface area contributed by atoms with E-state index in [1.165, 1.54) is 0 Å². The Morgan fingerprint density at radius 2 is 2.22 bits per heavy atom. The van der Waals surface area contributed by atoms with Gasteiger partial charge in [-0.1, -0.05) is 12.2 Å². The molecule has 0 saturated carbocycles. The second-order valence-corrected chi connectivity index (χ2v) is 1.67. The molecule has 50 valence electrons. The maximum atomic E-state index is 9.73. The van der Waals surface area contributed by atoms with Gasteiger partial charge in [-0.3, -0.25) is 4.79 Å². The lowest BCUT2D eigenvalue weighted by atomic mass is 10.3. The molecule has 0 radical (unpaired) electrons. The van der Waals surface area contributed by atoms with Crippen LogP contribution in [0.15, 0.2) is 23.9 Å². The molecule has 0 fully saturated rings. The monoisotopic (exact) mass is 125 g/mol. The van der Waals surface area contributed by atoms with E-state index in [9.17, 15) is 4.79 Å². The zero-order chi connectivity index (χ0) is 7.11. The van der Waals surface area contributed by atoms with E-state index in [2.05, 4.69) is 5.32 Å². The van der Waals surface area contributed by atoms with Crippen molar-refractivity contribution in [3.63, 3.8) is 0 Å². The second kappa shape index (κ2) is 5.09. The highest BCUT2D eigenvalue weighted by Crippen LogP contribution is 1.89. The van der Waals surface area contributed by atoms with E-state index in [4.69, 9.17) is 0 Å². The van der Waals surface area contributed by atoms with Crippen LogP contribution in [0.25, 0.3) is 0 Å². The molecule has 1 amide bonds. The van der Waals surface area contributed by atoms with Crippen molar-refractivity contribution >= 4 is 6.41 Å². The lowest BCUT2D eigenvalue weighted by Crippen LogP contribution is -1.99. The molecule has 2 nitrogen and oxygen atoms in total. The number of carbonyl (C=O) groups excluding carboxylic acids is 1. The Labute approximate surface area is 55.3 Å². The summed E-state index contributed by atoms with van der Waals surface area (Å²) in [5, 5.41) is 2.44. The van der Waals surface area contributed by atoms with Crippen LogP contribution >= 0.6 is 0 Å². The average molecular weight is 125 g/mol. The molecule has 9 heavy (non-hydrogen) atoms. The number of allylic oxidation sites excluding steroid dienone is 3. The first-order chi connectivity index (χ1) is 4.31. The molecule has 0 bridgehead atoms. The molecule has 0 unspecified atom stereocenters. The summed E-state index contributed by atoms with van der Waals surface area (Å²) in [6, 6.07) is 0. The SMILES string of the molecule is C/C=C\C(C)=C/NC=O. The number of carbonyl (C=O) groups is 1. The van der Waals surface area contributed by atoms with Crippen molar-refractivity contribution in [1.82, 2.24) is 5.32 Å². The topological polar surface area (TPSA) is 29.1 Å². The highest BCUT2D eigenvalue weighted by molar-refractivity contribution is 5.48. The summed E-state index contributed by atoms with van der Waals surface area (Å²) < 4.78 is 0. The molecular weight excluding hydrogens is 114 g/mol. The highest BCUT2D eigenvalue weighted by atomic mass is 16.1. The minimum Gasteiger partial charge on any atom is -0.335 e. The van der Waals surface area contributed by atoms with Gasteiger partial charge in [0, 0.05) is 6.20 Å². The summed E-state index contributed by atoms with van der Waals surface area (Å²) >= 11 is 0. The van der Waals surface area contributed by atoms with Crippen LogP contribution in [0.4, 0.5) is 0 Å². The van der Waals surface area contributed by atoms with E-state index in [1.807, 2.05) is 26.0 Å². The van der Waals surface area contributed by atoms with Gasteiger partial charge in [0.05, 0.1) is 0 Å². The van der Waals surface area contributed by atoms with Crippen LogP contribution in [0.1, 0.15) is 13.8 Å². The van der Waals surface area contributed by atoms with Crippen molar-refractivity contribution in [2.75, 3.05) is 0 Å². The quantitative estimate of drug-likeness (QED) is 0.446. The lowest BCUT2D eigenvalue weighted by molar-refractivity contribution is -0.108. The zero-order valence-corrected chi connectivity index (χ0v) is 5.72. The molecule has 2 heteroatoms. The van der Waals surface area contributed by atoms with Crippen LogP contribution in [0.2, 0.25) is 0 Å². The third kappa shape index (κ3) is 4.81. The Kier molecular flexibility index (Phi) is 4.50. The first-order valence-electron chi connectivity index (χ1n) is 2.80. The van der Waals surface area contributed by atoms with Crippen LogP contribution in [0.3, 0.4) is 0 Å². The van der Waals surface area contributed by atoms with Crippen molar-refractivity contribution in [1.29, 1.82) is 0 Å². The third-order valence-corrected chi connectivity index (χ3v) is 0.809. The predicted octanol–water partition coefficient (Wildman–Crippen LogP) is 1.21. The van der Waals surface area contributed by atoms with Gasteiger partial charge in [-0.25, -0.2) is 0 Å². The van der Waals surface area contributed by atoms with E-state index in [1.54, 1.807) is 6.20 Å². The average Bonchev–Trinajstić information content (AvgIpc) is 1.85. The Balaban J connectivity index is 3.68. The fourth-order valence-corrected chi connectivity index (χ4v) is 0.476. The molecule has 1 N–H and O–H groups in total. The molecule has 0 aromatic rings. The maximum absolute atomic E-state index is 9.73. The summed E-state index contributed by atoms with van der Waals surface area (Å²) in [6.07, 6.45) is 6.12. The van der Waals surface area contributed by atoms with Crippen molar-refractivity contribution in [2.24, 2.45) is 0 Å². The third-order valence-electron chi connectivity index (χ3n) is 0.809. The molecule has 0 atom stereocenters. The highest BCUT2D eigenvalue weighted by Gasteiger charge is 1.75. The molecule has 0 rings (SSSR count). The van der Waals surface area contributed by atoms with Gasteiger partial charge in [0.1, 0.15) is 0 Å². The predicted molar refractivity (Wildman–Crippen MR) is 37.8 cm³/mol. The van der Waals surface area contributed by atoms with Gasteiger partial charge in [-0.05, 0) is 19.4 Å². The van der Waals surface area contributed by atoms with Gasteiger partial charge in [-0.15, -0.1) is 0 Å². The summed E-state index contributed by atoms with van der Waals surface area (Å²) in [4.78, 5) is 9.73. The Bertz CT molecular complexity index is 136. The number of hydrogen-bond donors (Lipinski definition) is 1. The minimum absolute atomic E-state index is 0.646. The van der Waals surface area contributed by atoms with Crippen LogP contribution in [-0.2, 0) is 4.79 Å². The normalized spacial score (nSPS) is 12.0. The van der Waals surface area contributed by atoms with Crippen LogP contribution < -0.4 is 5.32 Å². The van der Waals surface area contributed by atoms with Crippen molar-refractivity contribution in [3.8, 4) is 0 Å². The van der Waals surface area contributed by atoms with Crippen LogP contribution in [0, 0.1) is 0 Å². The molecule has 0 aromatic heterocycles. The van der Waals surface area contributed by atoms with Crippen molar-refractivity contribution in [2.45, 2.75) is 13.8 Å². The Hall–Kier alpha value is -1.05. The molecule has 0 aliphatic carbocycles. The second-order valence-electron chi connectivity index (χ2n) is 1.67. The summed E-state index contributed by atoms with van der Waals surface area (Å²) in [5.41, 5.74) is 1.03. The first-order valence-corrected chi connectivity index (χ1v) is 2.80. The van der Waals surface area contributed by atoms with E-state index in [0.29, 0.717) is 6.41 Å². The van der Waals surface area contributed by atoms with Gasteiger partial charge >= 0.3 is 0 Å². The number of rotatable bonds is 3. The van der Waals surface area contributed by atoms with E-state index >= 15 is 0 Å². The van der Waals surface area contributed by atoms with Gasteiger partial charge in [0.2, 0.25) is 6.41 Å². The van der Waals surface area contributed by atoms with Gasteiger partial charge in [0.25, 0.3) is 0 Å². The van der Waals surface area contributed by atoms with E-state index in [-0.39, 0.29) is 0 Å². The van der Waals surface area contributed by atoms with Gasteiger partial charge in [0.15, 0.2) is 0 Å². The molecule has 0 heterocycles. The molecule has 0 saturated heterocycles. The summed E-state index contributed by atoms with van der Waals surface area (Å²) in [7, 11) is 0. The van der Waals surface area contributed by atoms with Crippen molar-refractivity contribution < 1.29 is 4.79 Å². The zero-order valence-electron chi connectivity index (χ0n) is 5.72. The summed E-state index contributed by atoms with van der Waals surface area (Å²) in [5.74, 6) is 0. The number of hydrogen-bond acceptors (Lipinski definition) is 1. The number of nitrogens with one attached hydrogen (secondary N) is 1. The largest absolute Gasteiger partial charge is 0.335 e. The first kappa shape index (κ1) is 7.95. The number of amides is 1.